The third-order valence-corrected chi connectivity index (χ3v) is 4.35. The molecule has 0 aliphatic heterocycles. The lowest BCUT2D eigenvalue weighted by Gasteiger charge is -2.24. The van der Waals surface area contributed by atoms with Crippen LogP contribution in [-0.2, 0) is 18.4 Å². The van der Waals surface area contributed by atoms with Crippen LogP contribution in [0.2, 0.25) is 0 Å². The molecule has 0 saturated heterocycles. The summed E-state index contributed by atoms with van der Waals surface area (Å²) >= 11 is 0. The van der Waals surface area contributed by atoms with Crippen LogP contribution < -0.4 is 19.9 Å². The first kappa shape index (κ1) is 20.1. The summed E-state index contributed by atoms with van der Waals surface area (Å²) in [5.74, 6) is 2.30. The molecular formula is C22H31NO3. The molecule has 2 aromatic rings. The zero-order valence-electron chi connectivity index (χ0n) is 16.6. The molecule has 0 spiro atoms. The van der Waals surface area contributed by atoms with Crippen molar-refractivity contribution in [3.63, 3.8) is 0 Å². The molecule has 0 aliphatic rings. The molecule has 0 radical (unpaired) electrons. The molecule has 4 nitrogen and oxygen atoms in total. The normalized spacial score (nSPS) is 11.3. The molecule has 0 heterocycles. The van der Waals surface area contributed by atoms with Gasteiger partial charge in [0.25, 0.3) is 0 Å². The predicted molar refractivity (Wildman–Crippen MR) is 106 cm³/mol. The number of methoxy groups -OCH3 is 1. The number of hydrogen-bond acceptors (Lipinski definition) is 4. The Balaban J connectivity index is 2.05. The molecule has 0 saturated carbocycles. The first-order valence-corrected chi connectivity index (χ1v) is 9.15. The van der Waals surface area contributed by atoms with Crippen LogP contribution in [0.1, 0.15) is 44.4 Å². The van der Waals surface area contributed by atoms with E-state index >= 15 is 0 Å². The van der Waals surface area contributed by atoms with E-state index in [0.717, 1.165) is 17.7 Å². The van der Waals surface area contributed by atoms with Gasteiger partial charge in [0.05, 0.1) is 7.11 Å². The van der Waals surface area contributed by atoms with Crippen LogP contribution in [0.4, 0.5) is 0 Å². The summed E-state index contributed by atoms with van der Waals surface area (Å²) in [5.41, 5.74) is 9.28. The van der Waals surface area contributed by atoms with Crippen molar-refractivity contribution >= 4 is 0 Å². The molecule has 0 fully saturated rings. The molecule has 26 heavy (non-hydrogen) atoms. The largest absolute Gasteiger partial charge is 0.493 e. The predicted octanol–water partition coefficient (Wildman–Crippen LogP) is 4.47. The molecule has 0 amide bonds. The van der Waals surface area contributed by atoms with Gasteiger partial charge in [-0.05, 0) is 35.1 Å². The highest BCUT2D eigenvalue weighted by Gasteiger charge is 2.19. The van der Waals surface area contributed by atoms with Crippen molar-refractivity contribution in [3.8, 4) is 17.2 Å². The summed E-state index contributed by atoms with van der Waals surface area (Å²) < 4.78 is 17.3. The highest BCUT2D eigenvalue weighted by Crippen LogP contribution is 2.33. The third kappa shape index (κ3) is 4.92. The highest BCUT2D eigenvalue weighted by atomic mass is 16.5. The van der Waals surface area contributed by atoms with Gasteiger partial charge in [-0.15, -0.1) is 0 Å². The van der Waals surface area contributed by atoms with Gasteiger partial charge in [-0.25, -0.2) is 0 Å². The van der Waals surface area contributed by atoms with Crippen LogP contribution in [-0.4, -0.2) is 20.3 Å². The maximum atomic E-state index is 6.03. The van der Waals surface area contributed by atoms with E-state index in [1.807, 2.05) is 18.2 Å². The number of benzene rings is 2. The van der Waals surface area contributed by atoms with Gasteiger partial charge in [-0.3, -0.25) is 0 Å². The molecule has 142 valence electrons. The highest BCUT2D eigenvalue weighted by molar-refractivity contribution is 5.46. The van der Waals surface area contributed by atoms with Gasteiger partial charge in [0.2, 0.25) is 0 Å². The van der Waals surface area contributed by atoms with E-state index in [4.69, 9.17) is 19.9 Å². The summed E-state index contributed by atoms with van der Waals surface area (Å²) in [5, 5.41) is 0. The Labute approximate surface area is 157 Å². The van der Waals surface area contributed by atoms with Gasteiger partial charge >= 0.3 is 0 Å². The van der Waals surface area contributed by atoms with Gasteiger partial charge in [-0.2, -0.15) is 0 Å². The maximum Gasteiger partial charge on any atom is 0.165 e. The van der Waals surface area contributed by atoms with Crippen molar-refractivity contribution in [2.24, 2.45) is 5.73 Å². The van der Waals surface area contributed by atoms with Crippen molar-refractivity contribution in [2.45, 2.75) is 46.1 Å². The van der Waals surface area contributed by atoms with Crippen molar-refractivity contribution in [3.05, 3.63) is 53.1 Å². The minimum absolute atomic E-state index is 0.0245. The van der Waals surface area contributed by atoms with Gasteiger partial charge in [0.1, 0.15) is 19.0 Å². The molecule has 2 rings (SSSR count). The fourth-order valence-corrected chi connectivity index (χ4v) is 2.85. The molecule has 4 heteroatoms. The topological polar surface area (TPSA) is 53.7 Å². The van der Waals surface area contributed by atoms with Gasteiger partial charge in [0.15, 0.2) is 11.5 Å². The van der Waals surface area contributed by atoms with Crippen LogP contribution >= 0.6 is 0 Å². The van der Waals surface area contributed by atoms with Gasteiger partial charge < -0.3 is 19.9 Å². The van der Waals surface area contributed by atoms with E-state index in [1.54, 1.807) is 7.11 Å². The maximum absolute atomic E-state index is 6.03. The lowest BCUT2D eigenvalue weighted by atomic mass is 9.85. The Bertz CT molecular complexity index is 698. The van der Waals surface area contributed by atoms with E-state index in [9.17, 15) is 0 Å². The molecule has 0 atom stereocenters. The first-order chi connectivity index (χ1) is 12.4. The van der Waals surface area contributed by atoms with Crippen LogP contribution in [0, 0.1) is 0 Å². The van der Waals surface area contributed by atoms with E-state index in [-0.39, 0.29) is 5.41 Å². The number of ether oxygens (including phenoxy) is 3. The average molecular weight is 357 g/mol. The summed E-state index contributed by atoms with van der Waals surface area (Å²) in [4.78, 5) is 0. The molecule has 0 unspecified atom stereocenters. The fourth-order valence-electron chi connectivity index (χ4n) is 2.85. The van der Waals surface area contributed by atoms with E-state index in [0.29, 0.717) is 31.3 Å². The van der Waals surface area contributed by atoms with E-state index in [1.165, 1.54) is 11.1 Å². The summed E-state index contributed by atoms with van der Waals surface area (Å²) in [6, 6.07) is 12.2. The number of nitrogens with two attached hydrogens (primary N) is 1. The van der Waals surface area contributed by atoms with Crippen LogP contribution in [0.3, 0.4) is 0 Å². The molecule has 0 aliphatic carbocycles. The molecular weight excluding hydrogens is 326 g/mol. The minimum atomic E-state index is 0.0245. The third-order valence-electron chi connectivity index (χ3n) is 4.35. The SMILES string of the molecule is CCc1ccc(OCCOc2c(CN)cccc2OC)c(C(C)(C)C)c1. The van der Waals surface area contributed by atoms with Crippen molar-refractivity contribution in [2.75, 3.05) is 20.3 Å². The lowest BCUT2D eigenvalue weighted by molar-refractivity contribution is 0.207. The number of aryl methyl sites for hydroxylation is 1. The van der Waals surface area contributed by atoms with Gasteiger partial charge in [-0.1, -0.05) is 52.0 Å². The van der Waals surface area contributed by atoms with Crippen LogP contribution in [0.15, 0.2) is 36.4 Å². The first-order valence-electron chi connectivity index (χ1n) is 9.15. The molecule has 2 aromatic carbocycles. The Morgan fingerprint density at radius 2 is 1.69 bits per heavy atom. The molecule has 0 aromatic heterocycles. The monoisotopic (exact) mass is 357 g/mol. The van der Waals surface area contributed by atoms with E-state index < -0.39 is 0 Å². The van der Waals surface area contributed by atoms with Crippen molar-refractivity contribution in [1.82, 2.24) is 0 Å². The number of para-hydroxylation sites is 1. The Hall–Kier alpha value is -2.20. The van der Waals surface area contributed by atoms with Crippen molar-refractivity contribution < 1.29 is 14.2 Å². The van der Waals surface area contributed by atoms with Crippen LogP contribution in [0.5, 0.6) is 17.2 Å². The van der Waals surface area contributed by atoms with Crippen molar-refractivity contribution in [1.29, 1.82) is 0 Å². The second-order valence-corrected chi connectivity index (χ2v) is 7.28. The Morgan fingerprint density at radius 1 is 0.962 bits per heavy atom. The summed E-state index contributed by atoms with van der Waals surface area (Å²) in [6.45, 7) is 10.1. The lowest BCUT2D eigenvalue weighted by Crippen LogP contribution is -2.17. The fraction of sp³-hybridized carbons (Fsp3) is 0.455. The Kier molecular flexibility index (Phi) is 6.92. The zero-order chi connectivity index (χ0) is 19.2. The molecule has 2 N–H and O–H groups in total. The Morgan fingerprint density at radius 3 is 2.31 bits per heavy atom. The summed E-state index contributed by atoms with van der Waals surface area (Å²) in [7, 11) is 1.63. The van der Waals surface area contributed by atoms with E-state index in [2.05, 4.69) is 45.9 Å². The summed E-state index contributed by atoms with van der Waals surface area (Å²) in [6.07, 6.45) is 1.02. The minimum Gasteiger partial charge on any atom is -0.493 e. The second kappa shape index (κ2) is 8.95. The zero-order valence-corrected chi connectivity index (χ0v) is 16.6. The second-order valence-electron chi connectivity index (χ2n) is 7.28. The van der Waals surface area contributed by atoms with Crippen LogP contribution in [0.25, 0.3) is 0 Å². The molecule has 0 bridgehead atoms. The number of rotatable bonds is 8. The average Bonchev–Trinajstić information content (AvgIpc) is 2.64. The van der Waals surface area contributed by atoms with Gasteiger partial charge in [0, 0.05) is 12.1 Å². The number of hydrogen-bond donors (Lipinski definition) is 1. The quantitative estimate of drug-likeness (QED) is 0.708. The smallest absolute Gasteiger partial charge is 0.165 e. The standard InChI is InChI=1S/C22H31NO3/c1-6-16-10-11-19(18(14-16)22(2,3)4)25-12-13-26-21-17(15-23)8-7-9-20(21)24-5/h7-11,14H,6,12-13,15,23H2,1-5H3.